The van der Waals surface area contributed by atoms with Crippen LogP contribution in [0.5, 0.6) is 0 Å². The lowest BCUT2D eigenvalue weighted by molar-refractivity contribution is 0.161. The first kappa shape index (κ1) is 21.1. The molecule has 0 aliphatic rings. The Morgan fingerprint density at radius 2 is 1.81 bits per heavy atom. The summed E-state index contributed by atoms with van der Waals surface area (Å²) in [6, 6.07) is 14.3. The summed E-state index contributed by atoms with van der Waals surface area (Å²) >= 11 is 6.33. The average molecular weight is 389 g/mol. The van der Waals surface area contributed by atoms with Crippen LogP contribution in [0.4, 0.5) is 16.2 Å². The number of hydrogen-bond donors (Lipinski definition) is 1. The normalized spacial score (nSPS) is 11.2. The predicted molar refractivity (Wildman–Crippen MR) is 114 cm³/mol. The van der Waals surface area contributed by atoms with Gasteiger partial charge < -0.3 is 9.64 Å². The van der Waals surface area contributed by atoms with E-state index in [1.165, 1.54) is 11.1 Å². The van der Waals surface area contributed by atoms with E-state index in [9.17, 15) is 4.79 Å². The molecular formula is C22H29ClN2O2. The molecule has 0 unspecified atom stereocenters. The third-order valence-electron chi connectivity index (χ3n) is 4.31. The van der Waals surface area contributed by atoms with Crippen LogP contribution in [0.3, 0.4) is 0 Å². The second-order valence-electron chi connectivity index (χ2n) is 7.73. The SMILES string of the molecule is CCCOC(=O)Nc1ccc(N(C)Cc2ccc(C(C)(C)C)cc2)cc1Cl. The molecule has 0 aromatic heterocycles. The van der Waals surface area contributed by atoms with Gasteiger partial charge in [0.05, 0.1) is 17.3 Å². The minimum atomic E-state index is -0.487. The molecule has 0 fully saturated rings. The van der Waals surface area contributed by atoms with Gasteiger partial charge in [-0.25, -0.2) is 4.79 Å². The van der Waals surface area contributed by atoms with Gasteiger partial charge in [-0.15, -0.1) is 0 Å². The van der Waals surface area contributed by atoms with Crippen molar-refractivity contribution in [1.82, 2.24) is 0 Å². The fourth-order valence-electron chi connectivity index (χ4n) is 2.66. The summed E-state index contributed by atoms with van der Waals surface area (Å²) in [5, 5.41) is 3.15. The zero-order valence-corrected chi connectivity index (χ0v) is 17.6. The zero-order valence-electron chi connectivity index (χ0n) is 16.8. The number of ether oxygens (including phenoxy) is 1. The van der Waals surface area contributed by atoms with E-state index >= 15 is 0 Å². The highest BCUT2D eigenvalue weighted by molar-refractivity contribution is 6.34. The van der Waals surface area contributed by atoms with Crippen LogP contribution < -0.4 is 10.2 Å². The standard InChI is InChI=1S/C22H29ClN2O2/c1-6-13-27-21(26)24-20-12-11-18(14-19(20)23)25(5)15-16-7-9-17(10-8-16)22(2,3)4/h7-12,14H,6,13,15H2,1-5H3,(H,24,26). The number of nitrogens with one attached hydrogen (secondary N) is 1. The highest BCUT2D eigenvalue weighted by Gasteiger charge is 2.13. The molecule has 2 aromatic carbocycles. The minimum Gasteiger partial charge on any atom is -0.449 e. The van der Waals surface area contributed by atoms with Crippen LogP contribution in [-0.4, -0.2) is 19.7 Å². The third kappa shape index (κ3) is 6.17. The van der Waals surface area contributed by atoms with E-state index in [1.807, 2.05) is 26.1 Å². The third-order valence-corrected chi connectivity index (χ3v) is 4.62. The number of rotatable bonds is 6. The Morgan fingerprint density at radius 3 is 2.37 bits per heavy atom. The number of halogens is 1. The quantitative estimate of drug-likeness (QED) is 0.637. The van der Waals surface area contributed by atoms with E-state index in [0.29, 0.717) is 17.3 Å². The molecule has 0 atom stereocenters. The number of hydrogen-bond acceptors (Lipinski definition) is 3. The van der Waals surface area contributed by atoms with Gasteiger partial charge in [-0.1, -0.05) is 63.6 Å². The van der Waals surface area contributed by atoms with Gasteiger partial charge in [0.1, 0.15) is 0 Å². The molecule has 0 saturated carbocycles. The van der Waals surface area contributed by atoms with Crippen LogP contribution >= 0.6 is 11.6 Å². The van der Waals surface area contributed by atoms with Gasteiger partial charge in [0.25, 0.3) is 0 Å². The Bertz CT molecular complexity index is 767. The molecule has 146 valence electrons. The lowest BCUT2D eigenvalue weighted by Gasteiger charge is -2.22. The molecule has 5 heteroatoms. The maximum atomic E-state index is 11.7. The van der Waals surface area contributed by atoms with Crippen LogP contribution in [0.2, 0.25) is 5.02 Å². The molecule has 2 rings (SSSR count). The number of benzene rings is 2. The summed E-state index contributed by atoms with van der Waals surface area (Å²) in [5.41, 5.74) is 4.23. The van der Waals surface area contributed by atoms with Crippen LogP contribution in [0.15, 0.2) is 42.5 Å². The van der Waals surface area contributed by atoms with Gasteiger partial charge in [-0.2, -0.15) is 0 Å². The first-order chi connectivity index (χ1) is 12.7. The molecule has 1 N–H and O–H groups in total. The molecule has 2 aromatic rings. The number of nitrogens with zero attached hydrogens (tertiary/aromatic N) is 1. The molecule has 1 amide bonds. The minimum absolute atomic E-state index is 0.152. The molecule has 0 bridgehead atoms. The zero-order chi connectivity index (χ0) is 20.0. The van der Waals surface area contributed by atoms with Crippen molar-refractivity contribution in [3.05, 3.63) is 58.6 Å². The topological polar surface area (TPSA) is 41.6 Å². The summed E-state index contributed by atoms with van der Waals surface area (Å²) in [5.74, 6) is 0. The van der Waals surface area contributed by atoms with Crippen LogP contribution in [-0.2, 0) is 16.7 Å². The first-order valence-electron chi connectivity index (χ1n) is 9.24. The predicted octanol–water partition coefficient (Wildman–Crippen LogP) is 6.23. The van der Waals surface area contributed by atoms with Crippen molar-refractivity contribution in [2.75, 3.05) is 23.9 Å². The average Bonchev–Trinajstić information content (AvgIpc) is 2.61. The fourth-order valence-corrected chi connectivity index (χ4v) is 2.88. The summed E-state index contributed by atoms with van der Waals surface area (Å²) in [4.78, 5) is 13.8. The molecule has 0 saturated heterocycles. The molecular weight excluding hydrogens is 360 g/mol. The molecule has 0 heterocycles. The number of anilines is 2. The molecule has 0 spiro atoms. The fraction of sp³-hybridized carbons (Fsp3) is 0.409. The number of carbonyl (C=O) groups excluding carboxylic acids is 1. The van der Waals surface area contributed by atoms with E-state index in [4.69, 9.17) is 16.3 Å². The van der Waals surface area contributed by atoms with Crippen molar-refractivity contribution in [3.8, 4) is 0 Å². The maximum absolute atomic E-state index is 11.7. The van der Waals surface area contributed by atoms with Crippen molar-refractivity contribution >= 4 is 29.1 Å². The van der Waals surface area contributed by atoms with E-state index < -0.39 is 6.09 Å². The summed E-state index contributed by atoms with van der Waals surface area (Å²) in [6.07, 6.45) is 0.292. The monoisotopic (exact) mass is 388 g/mol. The molecule has 0 radical (unpaired) electrons. The van der Waals surface area contributed by atoms with Crippen molar-refractivity contribution in [2.24, 2.45) is 0 Å². The Labute approximate surface area is 167 Å². The Balaban J connectivity index is 2.03. The van der Waals surface area contributed by atoms with E-state index in [0.717, 1.165) is 18.7 Å². The first-order valence-corrected chi connectivity index (χ1v) is 9.62. The van der Waals surface area contributed by atoms with E-state index in [-0.39, 0.29) is 5.41 Å². The molecule has 4 nitrogen and oxygen atoms in total. The maximum Gasteiger partial charge on any atom is 0.411 e. The van der Waals surface area contributed by atoms with Crippen LogP contribution in [0, 0.1) is 0 Å². The largest absolute Gasteiger partial charge is 0.449 e. The van der Waals surface area contributed by atoms with Crippen molar-refractivity contribution in [1.29, 1.82) is 0 Å². The Kier molecular flexibility index (Phi) is 7.14. The van der Waals surface area contributed by atoms with Gasteiger partial charge in [-0.3, -0.25) is 5.32 Å². The lowest BCUT2D eigenvalue weighted by Crippen LogP contribution is -2.17. The van der Waals surface area contributed by atoms with Crippen molar-refractivity contribution < 1.29 is 9.53 Å². The van der Waals surface area contributed by atoms with Gasteiger partial charge >= 0.3 is 6.09 Å². The number of carbonyl (C=O) groups is 1. The van der Waals surface area contributed by atoms with Gasteiger partial charge in [0, 0.05) is 19.3 Å². The van der Waals surface area contributed by atoms with E-state index in [1.54, 1.807) is 6.07 Å². The van der Waals surface area contributed by atoms with Crippen molar-refractivity contribution in [2.45, 2.75) is 46.1 Å². The smallest absolute Gasteiger partial charge is 0.411 e. The van der Waals surface area contributed by atoms with Crippen molar-refractivity contribution in [3.63, 3.8) is 0 Å². The second kappa shape index (κ2) is 9.14. The Morgan fingerprint density at radius 1 is 1.15 bits per heavy atom. The lowest BCUT2D eigenvalue weighted by atomic mass is 9.87. The summed E-state index contributed by atoms with van der Waals surface area (Å²) in [7, 11) is 2.02. The molecule has 0 aliphatic carbocycles. The Hall–Kier alpha value is -2.20. The highest BCUT2D eigenvalue weighted by Crippen LogP contribution is 2.28. The summed E-state index contributed by atoms with van der Waals surface area (Å²) in [6.45, 7) is 9.74. The van der Waals surface area contributed by atoms with Gasteiger partial charge in [0.15, 0.2) is 0 Å². The summed E-state index contributed by atoms with van der Waals surface area (Å²) < 4.78 is 5.02. The van der Waals surface area contributed by atoms with Gasteiger partial charge in [0.2, 0.25) is 0 Å². The van der Waals surface area contributed by atoms with Crippen LogP contribution in [0.25, 0.3) is 0 Å². The highest BCUT2D eigenvalue weighted by atomic mass is 35.5. The second-order valence-corrected chi connectivity index (χ2v) is 8.14. The molecule has 27 heavy (non-hydrogen) atoms. The van der Waals surface area contributed by atoms with Gasteiger partial charge in [-0.05, 0) is 41.2 Å². The van der Waals surface area contributed by atoms with E-state index in [2.05, 4.69) is 55.3 Å². The number of amides is 1. The van der Waals surface area contributed by atoms with Crippen LogP contribution in [0.1, 0.15) is 45.2 Å². The molecule has 0 aliphatic heterocycles.